The topological polar surface area (TPSA) is 15.3 Å². The second kappa shape index (κ2) is 2.21. The molecule has 2 aliphatic rings. The summed E-state index contributed by atoms with van der Waals surface area (Å²) in [6, 6.07) is 0.876. The van der Waals surface area contributed by atoms with E-state index in [4.69, 9.17) is 0 Å². The second-order valence-corrected chi connectivity index (χ2v) is 3.63. The standard InChI is InChI=1S/C8H16N2/c1-3-9-8-6-4-10(2)5-7(6)8/h6-9H,3-5H2,1-2H3/t6-,7?,8?/m1/s1. The van der Waals surface area contributed by atoms with Gasteiger partial charge < -0.3 is 10.2 Å². The van der Waals surface area contributed by atoms with Gasteiger partial charge in [0, 0.05) is 19.1 Å². The van der Waals surface area contributed by atoms with Crippen LogP contribution in [0.5, 0.6) is 0 Å². The summed E-state index contributed by atoms with van der Waals surface area (Å²) >= 11 is 0. The molecule has 1 aliphatic heterocycles. The molecule has 0 spiro atoms. The van der Waals surface area contributed by atoms with Crippen LogP contribution in [0.25, 0.3) is 0 Å². The van der Waals surface area contributed by atoms with Crippen molar-refractivity contribution in [1.82, 2.24) is 10.2 Å². The molecule has 1 saturated carbocycles. The van der Waals surface area contributed by atoms with Gasteiger partial charge in [0.05, 0.1) is 0 Å². The van der Waals surface area contributed by atoms with Gasteiger partial charge in [-0.05, 0) is 25.4 Å². The Bertz CT molecular complexity index is 116. The number of nitrogens with one attached hydrogen (secondary N) is 1. The molecule has 0 amide bonds. The van der Waals surface area contributed by atoms with Crippen LogP contribution in [-0.4, -0.2) is 37.6 Å². The van der Waals surface area contributed by atoms with Crippen molar-refractivity contribution in [2.45, 2.75) is 13.0 Å². The predicted octanol–water partition coefficient (Wildman–Crippen LogP) is 0.156. The summed E-state index contributed by atoms with van der Waals surface area (Å²) in [4.78, 5) is 2.43. The lowest BCUT2D eigenvalue weighted by atomic mass is 10.4. The van der Waals surface area contributed by atoms with Gasteiger partial charge >= 0.3 is 0 Å². The molecule has 2 heteroatoms. The summed E-state index contributed by atoms with van der Waals surface area (Å²) in [5.74, 6) is 1.98. The van der Waals surface area contributed by atoms with E-state index in [1.807, 2.05) is 0 Å². The number of rotatable bonds is 2. The minimum absolute atomic E-state index is 0.876. The van der Waals surface area contributed by atoms with E-state index >= 15 is 0 Å². The maximum atomic E-state index is 3.52. The molecular weight excluding hydrogens is 124 g/mol. The van der Waals surface area contributed by atoms with Crippen LogP contribution in [0, 0.1) is 11.8 Å². The number of hydrogen-bond acceptors (Lipinski definition) is 2. The smallest absolute Gasteiger partial charge is 0.0155 e. The van der Waals surface area contributed by atoms with Gasteiger partial charge in [-0.1, -0.05) is 6.92 Å². The lowest BCUT2D eigenvalue weighted by Crippen LogP contribution is -2.28. The molecule has 0 bridgehead atoms. The van der Waals surface area contributed by atoms with Crippen LogP contribution < -0.4 is 5.32 Å². The average molecular weight is 140 g/mol. The van der Waals surface area contributed by atoms with E-state index in [9.17, 15) is 0 Å². The van der Waals surface area contributed by atoms with Gasteiger partial charge in [0.2, 0.25) is 0 Å². The molecule has 1 N–H and O–H groups in total. The third-order valence-corrected chi connectivity index (χ3v) is 2.82. The van der Waals surface area contributed by atoms with Crippen LogP contribution in [0.3, 0.4) is 0 Å². The highest BCUT2D eigenvalue weighted by Crippen LogP contribution is 2.44. The Balaban J connectivity index is 1.81. The lowest BCUT2D eigenvalue weighted by molar-refractivity contribution is 0.350. The predicted molar refractivity (Wildman–Crippen MR) is 41.9 cm³/mol. The molecule has 0 radical (unpaired) electrons. The van der Waals surface area contributed by atoms with Crippen molar-refractivity contribution in [3.05, 3.63) is 0 Å². The maximum Gasteiger partial charge on any atom is 0.0155 e. The van der Waals surface area contributed by atoms with Crippen molar-refractivity contribution in [2.24, 2.45) is 11.8 Å². The van der Waals surface area contributed by atoms with Crippen LogP contribution in [-0.2, 0) is 0 Å². The summed E-state index contributed by atoms with van der Waals surface area (Å²) in [6.07, 6.45) is 0. The number of piperidine rings is 1. The molecule has 1 heterocycles. The van der Waals surface area contributed by atoms with E-state index < -0.39 is 0 Å². The summed E-state index contributed by atoms with van der Waals surface area (Å²) in [7, 11) is 2.22. The zero-order chi connectivity index (χ0) is 7.14. The molecule has 0 aromatic carbocycles. The Labute approximate surface area is 62.6 Å². The van der Waals surface area contributed by atoms with Gasteiger partial charge in [-0.2, -0.15) is 0 Å². The average Bonchev–Trinajstić information content (AvgIpc) is 2.43. The first-order valence-electron chi connectivity index (χ1n) is 4.25. The first-order valence-corrected chi connectivity index (χ1v) is 4.25. The van der Waals surface area contributed by atoms with E-state index in [2.05, 4.69) is 24.2 Å². The SMILES string of the molecule is CCNC1C2CN(C)C[C@H]21. The molecule has 2 rings (SSSR count). The number of hydrogen-bond donors (Lipinski definition) is 1. The van der Waals surface area contributed by atoms with Crippen molar-refractivity contribution in [3.63, 3.8) is 0 Å². The lowest BCUT2D eigenvalue weighted by Gasteiger charge is -2.12. The molecule has 58 valence electrons. The quantitative estimate of drug-likeness (QED) is 0.587. The highest BCUT2D eigenvalue weighted by molar-refractivity contribution is 5.09. The third kappa shape index (κ3) is 0.867. The highest BCUT2D eigenvalue weighted by Gasteiger charge is 2.54. The molecule has 0 aromatic heterocycles. The van der Waals surface area contributed by atoms with E-state index in [0.29, 0.717) is 0 Å². The fourth-order valence-electron chi connectivity index (χ4n) is 2.28. The van der Waals surface area contributed by atoms with Crippen molar-refractivity contribution in [2.75, 3.05) is 26.7 Å². The van der Waals surface area contributed by atoms with Gasteiger partial charge in [0.1, 0.15) is 0 Å². The van der Waals surface area contributed by atoms with E-state index in [-0.39, 0.29) is 0 Å². The molecule has 0 aromatic rings. The molecule has 3 atom stereocenters. The molecule has 10 heavy (non-hydrogen) atoms. The number of nitrogens with zero attached hydrogens (tertiary/aromatic N) is 1. The molecule has 2 unspecified atom stereocenters. The third-order valence-electron chi connectivity index (χ3n) is 2.82. The van der Waals surface area contributed by atoms with E-state index in [1.165, 1.54) is 13.1 Å². The van der Waals surface area contributed by atoms with Gasteiger partial charge in [-0.25, -0.2) is 0 Å². The minimum Gasteiger partial charge on any atom is -0.314 e. The van der Waals surface area contributed by atoms with E-state index in [1.54, 1.807) is 0 Å². The Hall–Kier alpha value is -0.0800. The number of likely N-dealkylation sites (tertiary alicyclic amines) is 1. The van der Waals surface area contributed by atoms with Crippen LogP contribution in [0.2, 0.25) is 0 Å². The first-order chi connectivity index (χ1) is 4.83. The molecule has 1 aliphatic carbocycles. The molecule has 1 saturated heterocycles. The van der Waals surface area contributed by atoms with Crippen molar-refractivity contribution < 1.29 is 0 Å². The van der Waals surface area contributed by atoms with Crippen LogP contribution in [0.1, 0.15) is 6.92 Å². The maximum absolute atomic E-state index is 3.52. The van der Waals surface area contributed by atoms with Crippen molar-refractivity contribution >= 4 is 0 Å². The Morgan fingerprint density at radius 2 is 2.00 bits per heavy atom. The van der Waals surface area contributed by atoms with Crippen LogP contribution in [0.15, 0.2) is 0 Å². The molecule has 2 fully saturated rings. The second-order valence-electron chi connectivity index (χ2n) is 3.63. The van der Waals surface area contributed by atoms with Crippen LogP contribution in [0.4, 0.5) is 0 Å². The fourth-order valence-corrected chi connectivity index (χ4v) is 2.28. The Kier molecular flexibility index (Phi) is 1.46. The van der Waals surface area contributed by atoms with Crippen molar-refractivity contribution in [3.8, 4) is 0 Å². The molecule has 2 nitrogen and oxygen atoms in total. The van der Waals surface area contributed by atoms with E-state index in [0.717, 1.165) is 24.4 Å². The van der Waals surface area contributed by atoms with Gasteiger partial charge in [-0.3, -0.25) is 0 Å². The minimum atomic E-state index is 0.876. The summed E-state index contributed by atoms with van der Waals surface area (Å²) in [5, 5.41) is 3.52. The number of fused-ring (bicyclic) bond motifs is 1. The normalized spacial score (nSPS) is 45.6. The zero-order valence-corrected chi connectivity index (χ0v) is 6.80. The first kappa shape index (κ1) is 6.62. The summed E-state index contributed by atoms with van der Waals surface area (Å²) in [6.45, 7) is 5.98. The highest BCUT2D eigenvalue weighted by atomic mass is 15.2. The fraction of sp³-hybridized carbons (Fsp3) is 1.00. The van der Waals surface area contributed by atoms with Crippen LogP contribution >= 0.6 is 0 Å². The van der Waals surface area contributed by atoms with Gasteiger partial charge in [0.15, 0.2) is 0 Å². The van der Waals surface area contributed by atoms with Gasteiger partial charge in [-0.15, -0.1) is 0 Å². The Morgan fingerprint density at radius 1 is 1.40 bits per heavy atom. The summed E-state index contributed by atoms with van der Waals surface area (Å²) < 4.78 is 0. The Morgan fingerprint density at radius 3 is 2.50 bits per heavy atom. The summed E-state index contributed by atoms with van der Waals surface area (Å²) in [5.41, 5.74) is 0. The molecular formula is C8H16N2. The van der Waals surface area contributed by atoms with Gasteiger partial charge in [0.25, 0.3) is 0 Å². The monoisotopic (exact) mass is 140 g/mol. The largest absolute Gasteiger partial charge is 0.314 e. The van der Waals surface area contributed by atoms with Crippen molar-refractivity contribution in [1.29, 1.82) is 0 Å². The zero-order valence-electron chi connectivity index (χ0n) is 6.80.